The third-order valence-corrected chi connectivity index (χ3v) is 3.69. The Balaban J connectivity index is 2.28. The average Bonchev–Trinajstić information content (AvgIpc) is 2.79. The number of benzene rings is 1. The fraction of sp³-hybridized carbons (Fsp3) is 0. The minimum atomic E-state index is -0.660. The minimum Gasteiger partial charge on any atom is -0.364 e. The number of hydrogen-bond acceptors (Lipinski definition) is 3. The molecule has 3 N–H and O–H groups in total. The smallest absolute Gasteiger partial charge is 0.269 e. The molecule has 0 radical (unpaired) electrons. The predicted molar refractivity (Wildman–Crippen MR) is 82.9 cm³/mol. The summed E-state index contributed by atoms with van der Waals surface area (Å²) in [5, 5.41) is 1.12. The number of hydrogen-bond donors (Lipinski definition) is 2. The normalized spacial score (nSPS) is 11.0. The zero-order valence-electron chi connectivity index (χ0n) is 10.3. The highest BCUT2D eigenvalue weighted by Crippen LogP contribution is 2.36. The van der Waals surface area contributed by atoms with Crippen LogP contribution in [0, 0.1) is 0 Å². The molecule has 1 aromatic carbocycles. The number of fused-ring (bicyclic) bond motifs is 1. The van der Waals surface area contributed by atoms with Crippen molar-refractivity contribution < 1.29 is 4.79 Å². The molecule has 5 nitrogen and oxygen atoms in total. The number of primary amides is 1. The number of nitrogens with zero attached hydrogens (tertiary/aromatic N) is 2. The molecule has 3 rings (SSSR count). The monoisotopic (exact) mass is 340 g/mol. The van der Waals surface area contributed by atoms with Crippen LogP contribution in [0.3, 0.4) is 0 Å². The Morgan fingerprint density at radius 1 is 1.19 bits per heavy atom. The van der Waals surface area contributed by atoms with Crippen LogP contribution in [0.2, 0.25) is 15.1 Å². The van der Waals surface area contributed by atoms with Gasteiger partial charge in [-0.25, -0.2) is 9.97 Å². The highest BCUT2D eigenvalue weighted by Gasteiger charge is 2.17. The van der Waals surface area contributed by atoms with Gasteiger partial charge in [0.05, 0.1) is 21.1 Å². The average molecular weight is 342 g/mol. The Hall–Kier alpha value is -1.82. The molecule has 0 bridgehead atoms. The topological polar surface area (TPSA) is 84.7 Å². The molecule has 0 aliphatic heterocycles. The third kappa shape index (κ3) is 2.44. The summed E-state index contributed by atoms with van der Waals surface area (Å²) in [5.41, 5.74) is 6.83. The van der Waals surface area contributed by atoms with E-state index in [9.17, 15) is 4.79 Å². The van der Waals surface area contributed by atoms with Crippen LogP contribution >= 0.6 is 34.8 Å². The van der Waals surface area contributed by atoms with E-state index >= 15 is 0 Å². The summed E-state index contributed by atoms with van der Waals surface area (Å²) in [5.74, 6) is -0.251. The Bertz CT molecular complexity index is 852. The van der Waals surface area contributed by atoms with Gasteiger partial charge in [0.2, 0.25) is 0 Å². The molecule has 2 aromatic heterocycles. The second-order valence-electron chi connectivity index (χ2n) is 4.25. The van der Waals surface area contributed by atoms with Crippen molar-refractivity contribution in [2.45, 2.75) is 0 Å². The maximum atomic E-state index is 11.4. The van der Waals surface area contributed by atoms with Gasteiger partial charge in [-0.1, -0.05) is 34.8 Å². The Morgan fingerprint density at radius 3 is 2.48 bits per heavy atom. The van der Waals surface area contributed by atoms with E-state index in [1.807, 2.05) is 0 Å². The summed E-state index contributed by atoms with van der Waals surface area (Å²) in [6, 6.07) is 4.80. The van der Waals surface area contributed by atoms with E-state index in [0.717, 1.165) is 0 Å². The third-order valence-electron chi connectivity index (χ3n) is 2.88. The molecule has 21 heavy (non-hydrogen) atoms. The van der Waals surface area contributed by atoms with Gasteiger partial charge in [-0.05, 0) is 18.2 Å². The zero-order chi connectivity index (χ0) is 15.1. The molecule has 0 aliphatic rings. The van der Waals surface area contributed by atoms with Crippen LogP contribution < -0.4 is 5.73 Å². The van der Waals surface area contributed by atoms with E-state index in [1.165, 1.54) is 6.20 Å². The van der Waals surface area contributed by atoms with Crippen LogP contribution in [-0.2, 0) is 0 Å². The quantitative estimate of drug-likeness (QED) is 0.745. The van der Waals surface area contributed by atoms with Gasteiger partial charge in [-0.15, -0.1) is 0 Å². The Morgan fingerprint density at radius 2 is 1.86 bits per heavy atom. The largest absolute Gasteiger partial charge is 0.364 e. The number of pyridine rings is 1. The lowest BCUT2D eigenvalue weighted by Crippen LogP contribution is -2.13. The number of aromatic nitrogens is 3. The molecule has 106 valence electrons. The summed E-state index contributed by atoms with van der Waals surface area (Å²) in [7, 11) is 0. The van der Waals surface area contributed by atoms with E-state index in [2.05, 4.69) is 15.0 Å². The molecular formula is C13H7Cl3N4O. The molecule has 0 aliphatic carbocycles. The molecule has 2 heterocycles. The number of carbonyl (C=O) groups is 1. The molecule has 0 unspecified atom stereocenters. The van der Waals surface area contributed by atoms with Gasteiger partial charge in [0, 0.05) is 11.2 Å². The van der Waals surface area contributed by atoms with Crippen molar-refractivity contribution in [3.63, 3.8) is 0 Å². The maximum Gasteiger partial charge on any atom is 0.269 e. The lowest BCUT2D eigenvalue weighted by atomic mass is 10.2. The summed E-state index contributed by atoms with van der Waals surface area (Å²) in [6.07, 6.45) is 1.47. The zero-order valence-corrected chi connectivity index (χ0v) is 12.6. The van der Waals surface area contributed by atoms with Gasteiger partial charge < -0.3 is 10.7 Å². The number of H-pyrrole nitrogens is 1. The highest BCUT2D eigenvalue weighted by atomic mass is 35.5. The van der Waals surface area contributed by atoms with Gasteiger partial charge in [-0.3, -0.25) is 4.79 Å². The van der Waals surface area contributed by atoms with Gasteiger partial charge in [0.15, 0.2) is 5.69 Å². The second kappa shape index (κ2) is 5.18. The van der Waals surface area contributed by atoms with E-state index in [0.29, 0.717) is 37.5 Å². The number of nitrogens with one attached hydrogen (secondary N) is 1. The molecule has 0 atom stereocenters. The first-order chi connectivity index (χ1) is 9.97. The van der Waals surface area contributed by atoms with Gasteiger partial charge in [-0.2, -0.15) is 0 Å². The van der Waals surface area contributed by atoms with Crippen molar-refractivity contribution in [1.82, 2.24) is 15.0 Å². The SMILES string of the molecule is NC(=O)c1nccc2[nH]c(-c3c(Cl)cc(Cl)cc3Cl)nc12. The van der Waals surface area contributed by atoms with Crippen molar-refractivity contribution in [2.75, 3.05) is 0 Å². The molecule has 0 saturated carbocycles. The summed E-state index contributed by atoms with van der Waals surface area (Å²) in [6.45, 7) is 0. The van der Waals surface area contributed by atoms with Crippen molar-refractivity contribution in [1.29, 1.82) is 0 Å². The molecule has 0 spiro atoms. The molecular weight excluding hydrogens is 335 g/mol. The number of rotatable bonds is 2. The number of imidazole rings is 1. The number of carbonyl (C=O) groups excluding carboxylic acids is 1. The highest BCUT2D eigenvalue weighted by molar-refractivity contribution is 6.41. The maximum absolute atomic E-state index is 11.4. The Kier molecular flexibility index (Phi) is 3.49. The van der Waals surface area contributed by atoms with E-state index in [4.69, 9.17) is 40.5 Å². The predicted octanol–water partition coefficient (Wildman–Crippen LogP) is 3.68. The van der Waals surface area contributed by atoms with Crippen LogP contribution in [0.1, 0.15) is 10.5 Å². The van der Waals surface area contributed by atoms with Gasteiger partial charge in [0.1, 0.15) is 11.3 Å². The first-order valence-electron chi connectivity index (χ1n) is 5.77. The molecule has 0 saturated heterocycles. The molecule has 3 aromatic rings. The van der Waals surface area contributed by atoms with Crippen LogP contribution in [0.25, 0.3) is 22.4 Å². The number of aromatic amines is 1. The number of amides is 1. The van der Waals surface area contributed by atoms with Crippen LogP contribution in [0.15, 0.2) is 24.4 Å². The van der Waals surface area contributed by atoms with Gasteiger partial charge >= 0.3 is 0 Å². The fourth-order valence-electron chi connectivity index (χ4n) is 2.00. The first-order valence-corrected chi connectivity index (χ1v) is 6.90. The minimum absolute atomic E-state index is 0.0798. The molecule has 0 fully saturated rings. The van der Waals surface area contributed by atoms with Crippen molar-refractivity contribution in [2.24, 2.45) is 5.73 Å². The van der Waals surface area contributed by atoms with E-state index in [1.54, 1.807) is 18.2 Å². The molecule has 1 amide bonds. The molecule has 8 heteroatoms. The number of halogens is 3. The first kappa shape index (κ1) is 14.1. The summed E-state index contributed by atoms with van der Waals surface area (Å²) < 4.78 is 0. The van der Waals surface area contributed by atoms with E-state index < -0.39 is 5.91 Å². The van der Waals surface area contributed by atoms with Crippen LogP contribution in [-0.4, -0.2) is 20.9 Å². The van der Waals surface area contributed by atoms with Crippen LogP contribution in [0.4, 0.5) is 0 Å². The Labute approximate surface area is 134 Å². The summed E-state index contributed by atoms with van der Waals surface area (Å²) >= 11 is 18.2. The lowest BCUT2D eigenvalue weighted by molar-refractivity contribution is 0.0997. The van der Waals surface area contributed by atoms with Gasteiger partial charge in [0.25, 0.3) is 5.91 Å². The van der Waals surface area contributed by atoms with Crippen molar-refractivity contribution in [3.05, 3.63) is 45.2 Å². The standard InChI is InChI=1S/C13H7Cl3N4O/c14-5-3-6(15)9(7(16)4-5)13-19-8-1-2-18-11(12(17)21)10(8)20-13/h1-4H,(H2,17,21)(H,19,20). The second-order valence-corrected chi connectivity index (χ2v) is 5.50. The summed E-state index contributed by atoms with van der Waals surface area (Å²) in [4.78, 5) is 22.7. The van der Waals surface area contributed by atoms with E-state index in [-0.39, 0.29) is 5.69 Å². The lowest BCUT2D eigenvalue weighted by Gasteiger charge is -2.04. The van der Waals surface area contributed by atoms with Crippen molar-refractivity contribution >= 4 is 51.7 Å². The van der Waals surface area contributed by atoms with Crippen LogP contribution in [0.5, 0.6) is 0 Å². The van der Waals surface area contributed by atoms with Crippen molar-refractivity contribution in [3.8, 4) is 11.4 Å². The number of nitrogens with two attached hydrogens (primary N) is 1. The fourth-order valence-corrected chi connectivity index (χ4v) is 3.00.